The van der Waals surface area contributed by atoms with E-state index in [1.165, 1.54) is 45.1 Å². The number of hydrogen-bond acceptors (Lipinski definition) is 3. The van der Waals surface area contributed by atoms with Crippen molar-refractivity contribution in [3.8, 4) is 0 Å². The summed E-state index contributed by atoms with van der Waals surface area (Å²) in [6.07, 6.45) is 9.84. The summed E-state index contributed by atoms with van der Waals surface area (Å²) in [6, 6.07) is 1.43. The molecule has 1 aliphatic carbocycles. The highest BCUT2D eigenvalue weighted by molar-refractivity contribution is 4.91. The summed E-state index contributed by atoms with van der Waals surface area (Å²) < 4.78 is 0. The van der Waals surface area contributed by atoms with Crippen LogP contribution in [0.2, 0.25) is 0 Å². The molecule has 2 aliphatic rings. The van der Waals surface area contributed by atoms with Crippen LogP contribution in [0.4, 0.5) is 0 Å². The fraction of sp³-hybridized carbons (Fsp3) is 1.00. The zero-order valence-electron chi connectivity index (χ0n) is 11.8. The second-order valence-corrected chi connectivity index (χ2v) is 6.06. The van der Waals surface area contributed by atoms with Gasteiger partial charge in [-0.2, -0.15) is 0 Å². The Morgan fingerprint density at radius 1 is 1.22 bits per heavy atom. The van der Waals surface area contributed by atoms with Crippen molar-refractivity contribution in [2.24, 2.45) is 5.92 Å². The lowest BCUT2D eigenvalue weighted by Crippen LogP contribution is -2.47. The molecule has 4 atom stereocenters. The molecule has 0 spiro atoms. The summed E-state index contributed by atoms with van der Waals surface area (Å²) in [5.41, 5.74) is 0. The highest BCUT2D eigenvalue weighted by atomic mass is 16.3. The van der Waals surface area contributed by atoms with Crippen LogP contribution in [0.15, 0.2) is 0 Å². The monoisotopic (exact) mass is 254 g/mol. The van der Waals surface area contributed by atoms with Crippen molar-refractivity contribution in [1.82, 2.24) is 10.6 Å². The van der Waals surface area contributed by atoms with Gasteiger partial charge in [0.2, 0.25) is 0 Å². The van der Waals surface area contributed by atoms with Gasteiger partial charge in [-0.15, -0.1) is 0 Å². The smallest absolute Gasteiger partial charge is 0.0549 e. The van der Waals surface area contributed by atoms with Crippen LogP contribution >= 0.6 is 0 Å². The Kier molecular flexibility index (Phi) is 5.93. The van der Waals surface area contributed by atoms with Crippen LogP contribution in [0.1, 0.15) is 58.3 Å². The Labute approximate surface area is 112 Å². The van der Waals surface area contributed by atoms with Crippen molar-refractivity contribution >= 4 is 0 Å². The van der Waals surface area contributed by atoms with Gasteiger partial charge < -0.3 is 15.7 Å². The average molecular weight is 254 g/mol. The van der Waals surface area contributed by atoms with E-state index in [4.69, 9.17) is 0 Å². The van der Waals surface area contributed by atoms with Gasteiger partial charge in [-0.1, -0.05) is 19.8 Å². The van der Waals surface area contributed by atoms with Gasteiger partial charge in [-0.05, 0) is 57.5 Å². The van der Waals surface area contributed by atoms with Crippen molar-refractivity contribution in [1.29, 1.82) is 0 Å². The fourth-order valence-corrected chi connectivity index (χ4v) is 3.61. The zero-order chi connectivity index (χ0) is 12.8. The molecule has 3 nitrogen and oxygen atoms in total. The third-order valence-corrected chi connectivity index (χ3v) is 4.79. The molecule has 0 aromatic carbocycles. The minimum Gasteiger partial charge on any atom is -0.393 e. The summed E-state index contributed by atoms with van der Waals surface area (Å²) in [7, 11) is 0. The van der Waals surface area contributed by atoms with Gasteiger partial charge in [-0.3, -0.25) is 0 Å². The standard InChI is InChI=1S/C15H30N2O/c1-2-12(18)9-11-17-14-7-4-3-6-13(14)15-8-5-10-16-15/h12-18H,2-11H2,1H3. The van der Waals surface area contributed by atoms with Crippen LogP contribution in [-0.4, -0.2) is 36.4 Å². The summed E-state index contributed by atoms with van der Waals surface area (Å²) in [5, 5.41) is 17.0. The molecular formula is C15H30N2O. The first-order valence-electron chi connectivity index (χ1n) is 7.96. The van der Waals surface area contributed by atoms with Gasteiger partial charge in [-0.25, -0.2) is 0 Å². The van der Waals surface area contributed by atoms with Crippen LogP contribution in [-0.2, 0) is 0 Å². The van der Waals surface area contributed by atoms with E-state index in [0.717, 1.165) is 31.3 Å². The number of hydrogen-bond donors (Lipinski definition) is 3. The maximum atomic E-state index is 9.61. The Hall–Kier alpha value is -0.120. The molecule has 0 amide bonds. The molecule has 1 heterocycles. The SMILES string of the molecule is CCC(O)CCNC1CCCCC1C1CCCN1. The van der Waals surface area contributed by atoms with E-state index in [2.05, 4.69) is 17.6 Å². The van der Waals surface area contributed by atoms with E-state index in [0.29, 0.717) is 6.04 Å². The van der Waals surface area contributed by atoms with Crippen LogP contribution in [0.25, 0.3) is 0 Å². The van der Waals surface area contributed by atoms with Crippen molar-refractivity contribution in [3.63, 3.8) is 0 Å². The lowest BCUT2D eigenvalue weighted by Gasteiger charge is -2.36. The Balaban J connectivity index is 1.76. The van der Waals surface area contributed by atoms with Crippen molar-refractivity contribution in [2.75, 3.05) is 13.1 Å². The predicted molar refractivity (Wildman–Crippen MR) is 75.7 cm³/mol. The van der Waals surface area contributed by atoms with Crippen LogP contribution in [0, 0.1) is 5.92 Å². The fourth-order valence-electron chi connectivity index (χ4n) is 3.61. The van der Waals surface area contributed by atoms with Crippen LogP contribution in [0.5, 0.6) is 0 Å². The molecule has 0 bridgehead atoms. The molecule has 1 saturated heterocycles. The minimum atomic E-state index is -0.121. The third-order valence-electron chi connectivity index (χ3n) is 4.79. The summed E-state index contributed by atoms with van der Waals surface area (Å²) in [6.45, 7) is 4.24. The normalized spacial score (nSPS) is 34.7. The predicted octanol–water partition coefficient (Wildman–Crippen LogP) is 2.05. The molecule has 2 fully saturated rings. The first-order valence-corrected chi connectivity index (χ1v) is 7.96. The number of aliphatic hydroxyl groups excluding tert-OH is 1. The molecule has 106 valence electrons. The molecule has 0 aromatic rings. The zero-order valence-corrected chi connectivity index (χ0v) is 11.8. The first-order chi connectivity index (χ1) is 8.81. The maximum absolute atomic E-state index is 9.61. The molecule has 18 heavy (non-hydrogen) atoms. The van der Waals surface area contributed by atoms with Gasteiger partial charge in [0.05, 0.1) is 6.10 Å². The summed E-state index contributed by atoms with van der Waals surface area (Å²) >= 11 is 0. The summed E-state index contributed by atoms with van der Waals surface area (Å²) in [4.78, 5) is 0. The van der Waals surface area contributed by atoms with Gasteiger partial charge in [0.15, 0.2) is 0 Å². The minimum absolute atomic E-state index is 0.121. The van der Waals surface area contributed by atoms with Crippen molar-refractivity contribution in [2.45, 2.75) is 76.5 Å². The Bertz CT molecular complexity index is 229. The third kappa shape index (κ3) is 3.94. The van der Waals surface area contributed by atoms with E-state index in [1.807, 2.05) is 0 Å². The average Bonchev–Trinajstić information content (AvgIpc) is 2.93. The Morgan fingerprint density at radius 3 is 2.78 bits per heavy atom. The summed E-state index contributed by atoms with van der Waals surface area (Å²) in [5.74, 6) is 0.819. The van der Waals surface area contributed by atoms with Gasteiger partial charge in [0, 0.05) is 12.1 Å². The maximum Gasteiger partial charge on any atom is 0.0549 e. The number of nitrogens with one attached hydrogen (secondary N) is 2. The van der Waals surface area contributed by atoms with Gasteiger partial charge in [0.1, 0.15) is 0 Å². The van der Waals surface area contributed by atoms with E-state index >= 15 is 0 Å². The van der Waals surface area contributed by atoms with E-state index in [9.17, 15) is 5.11 Å². The van der Waals surface area contributed by atoms with E-state index < -0.39 is 0 Å². The second-order valence-electron chi connectivity index (χ2n) is 6.06. The number of rotatable bonds is 6. The number of aliphatic hydroxyl groups is 1. The second kappa shape index (κ2) is 7.46. The molecule has 4 unspecified atom stereocenters. The van der Waals surface area contributed by atoms with Gasteiger partial charge >= 0.3 is 0 Å². The molecular weight excluding hydrogens is 224 g/mol. The molecule has 2 rings (SSSR count). The highest BCUT2D eigenvalue weighted by Gasteiger charge is 2.32. The topological polar surface area (TPSA) is 44.3 Å². The van der Waals surface area contributed by atoms with Crippen molar-refractivity contribution in [3.05, 3.63) is 0 Å². The molecule has 1 aliphatic heterocycles. The molecule has 0 aromatic heterocycles. The van der Waals surface area contributed by atoms with Crippen molar-refractivity contribution < 1.29 is 5.11 Å². The quantitative estimate of drug-likeness (QED) is 0.680. The molecule has 3 heteroatoms. The van der Waals surface area contributed by atoms with Gasteiger partial charge in [0.25, 0.3) is 0 Å². The molecule has 1 saturated carbocycles. The van der Waals surface area contributed by atoms with E-state index in [1.54, 1.807) is 0 Å². The van der Waals surface area contributed by atoms with Crippen LogP contribution in [0.3, 0.4) is 0 Å². The Morgan fingerprint density at radius 2 is 2.06 bits per heavy atom. The lowest BCUT2D eigenvalue weighted by molar-refractivity contribution is 0.151. The molecule has 0 radical (unpaired) electrons. The molecule has 3 N–H and O–H groups in total. The van der Waals surface area contributed by atoms with E-state index in [-0.39, 0.29) is 6.10 Å². The first kappa shape index (κ1) is 14.3. The largest absolute Gasteiger partial charge is 0.393 e. The van der Waals surface area contributed by atoms with Crippen LogP contribution < -0.4 is 10.6 Å². The lowest BCUT2D eigenvalue weighted by atomic mass is 9.79. The highest BCUT2D eigenvalue weighted by Crippen LogP contribution is 2.30.